The molecule has 2 aromatic carbocycles. The van der Waals surface area contributed by atoms with E-state index >= 15 is 0 Å². The van der Waals surface area contributed by atoms with E-state index in [-0.39, 0.29) is 17.7 Å². The van der Waals surface area contributed by atoms with Crippen molar-refractivity contribution in [2.75, 3.05) is 5.32 Å². The number of anilines is 1. The molecule has 3 rings (SSSR count). The van der Waals surface area contributed by atoms with Crippen molar-refractivity contribution in [3.63, 3.8) is 0 Å². The minimum absolute atomic E-state index is 0.219. The van der Waals surface area contributed by atoms with E-state index in [4.69, 9.17) is 0 Å². The van der Waals surface area contributed by atoms with E-state index in [0.29, 0.717) is 24.9 Å². The maximum absolute atomic E-state index is 12.5. The summed E-state index contributed by atoms with van der Waals surface area (Å²) in [6.07, 6.45) is 4.75. The van der Waals surface area contributed by atoms with E-state index in [2.05, 4.69) is 16.7 Å². The van der Waals surface area contributed by atoms with Gasteiger partial charge in [0.1, 0.15) is 0 Å². The van der Waals surface area contributed by atoms with Crippen LogP contribution < -0.4 is 10.6 Å². The third-order valence-corrected chi connectivity index (χ3v) is 5.61. The quantitative estimate of drug-likeness (QED) is 0.598. The van der Waals surface area contributed by atoms with Crippen LogP contribution in [-0.4, -0.2) is 17.7 Å². The molecular formula is C24H26N2O3. The molecule has 1 saturated heterocycles. The van der Waals surface area contributed by atoms with Gasteiger partial charge in [-0.1, -0.05) is 42.8 Å². The van der Waals surface area contributed by atoms with Gasteiger partial charge in [-0.05, 0) is 61.6 Å². The largest absolute Gasteiger partial charge is 0.323 e. The van der Waals surface area contributed by atoms with Crippen molar-refractivity contribution < 1.29 is 14.4 Å². The average Bonchev–Trinajstić information content (AvgIpc) is 2.69. The SMILES string of the molecule is CCC1(c2ccc(NC(=O)/C=C/c3ccc(C)cc3C)cc2)CCC(=O)NC1=O. The highest BCUT2D eigenvalue weighted by molar-refractivity contribution is 6.04. The van der Waals surface area contributed by atoms with Crippen LogP contribution in [-0.2, 0) is 19.8 Å². The molecule has 0 saturated carbocycles. The van der Waals surface area contributed by atoms with E-state index in [1.807, 2.05) is 45.0 Å². The van der Waals surface area contributed by atoms with E-state index in [9.17, 15) is 14.4 Å². The third-order valence-electron chi connectivity index (χ3n) is 5.61. The smallest absolute Gasteiger partial charge is 0.248 e. The minimum Gasteiger partial charge on any atom is -0.323 e. The van der Waals surface area contributed by atoms with Crippen LogP contribution in [0, 0.1) is 13.8 Å². The average molecular weight is 390 g/mol. The Morgan fingerprint density at radius 1 is 1.14 bits per heavy atom. The Labute approximate surface area is 171 Å². The second-order valence-corrected chi connectivity index (χ2v) is 7.57. The topological polar surface area (TPSA) is 75.3 Å². The molecule has 0 bridgehead atoms. The molecule has 0 aromatic heterocycles. The Morgan fingerprint density at radius 2 is 1.86 bits per heavy atom. The van der Waals surface area contributed by atoms with Gasteiger partial charge in [0.05, 0.1) is 5.41 Å². The van der Waals surface area contributed by atoms with Gasteiger partial charge in [-0.25, -0.2) is 0 Å². The lowest BCUT2D eigenvalue weighted by atomic mass is 9.72. The molecule has 2 N–H and O–H groups in total. The van der Waals surface area contributed by atoms with Crippen molar-refractivity contribution in [1.82, 2.24) is 5.32 Å². The van der Waals surface area contributed by atoms with Crippen LogP contribution in [0.25, 0.3) is 6.08 Å². The number of hydrogen-bond acceptors (Lipinski definition) is 3. The summed E-state index contributed by atoms with van der Waals surface area (Å²) < 4.78 is 0. The number of carbonyl (C=O) groups is 3. The molecule has 1 heterocycles. The number of rotatable bonds is 5. The number of hydrogen-bond donors (Lipinski definition) is 2. The number of nitrogens with one attached hydrogen (secondary N) is 2. The van der Waals surface area contributed by atoms with Crippen molar-refractivity contribution in [3.05, 3.63) is 70.8 Å². The number of piperidine rings is 1. The first kappa shape index (κ1) is 20.5. The predicted octanol–water partition coefficient (Wildman–Crippen LogP) is 4.04. The van der Waals surface area contributed by atoms with Gasteiger partial charge in [0.2, 0.25) is 17.7 Å². The van der Waals surface area contributed by atoms with Gasteiger partial charge in [-0.2, -0.15) is 0 Å². The molecule has 1 unspecified atom stereocenters. The summed E-state index contributed by atoms with van der Waals surface area (Å²) in [7, 11) is 0. The Kier molecular flexibility index (Phi) is 5.97. The zero-order valence-corrected chi connectivity index (χ0v) is 17.0. The molecule has 150 valence electrons. The normalized spacial score (nSPS) is 19.3. The number of amides is 3. The lowest BCUT2D eigenvalue weighted by Gasteiger charge is -2.35. The Bertz CT molecular complexity index is 976. The molecule has 1 aliphatic rings. The number of aryl methyl sites for hydroxylation is 2. The van der Waals surface area contributed by atoms with Crippen molar-refractivity contribution >= 4 is 29.5 Å². The molecule has 0 radical (unpaired) electrons. The Hall–Kier alpha value is -3.21. The summed E-state index contributed by atoms with van der Waals surface area (Å²) in [6, 6.07) is 13.4. The van der Waals surface area contributed by atoms with Gasteiger partial charge < -0.3 is 5.32 Å². The molecule has 1 aliphatic heterocycles. The van der Waals surface area contributed by atoms with Gasteiger partial charge in [0, 0.05) is 18.2 Å². The molecule has 2 aromatic rings. The minimum atomic E-state index is -0.695. The lowest BCUT2D eigenvalue weighted by Crippen LogP contribution is -2.51. The second-order valence-electron chi connectivity index (χ2n) is 7.57. The van der Waals surface area contributed by atoms with E-state index in [1.54, 1.807) is 18.2 Å². The molecule has 0 spiro atoms. The van der Waals surface area contributed by atoms with E-state index in [0.717, 1.165) is 16.7 Å². The monoisotopic (exact) mass is 390 g/mol. The third kappa shape index (κ3) is 4.45. The highest BCUT2D eigenvalue weighted by Gasteiger charge is 2.42. The van der Waals surface area contributed by atoms with Crippen molar-refractivity contribution in [3.8, 4) is 0 Å². The zero-order valence-electron chi connectivity index (χ0n) is 17.0. The van der Waals surface area contributed by atoms with Gasteiger partial charge in [-0.3, -0.25) is 19.7 Å². The van der Waals surface area contributed by atoms with E-state index in [1.165, 1.54) is 11.6 Å². The van der Waals surface area contributed by atoms with Crippen LogP contribution in [0.5, 0.6) is 0 Å². The first-order chi connectivity index (χ1) is 13.8. The Morgan fingerprint density at radius 3 is 2.48 bits per heavy atom. The first-order valence-corrected chi connectivity index (χ1v) is 9.85. The zero-order chi connectivity index (χ0) is 21.0. The fourth-order valence-electron chi connectivity index (χ4n) is 3.80. The number of imide groups is 1. The molecular weight excluding hydrogens is 364 g/mol. The molecule has 1 fully saturated rings. The van der Waals surface area contributed by atoms with Gasteiger partial charge >= 0.3 is 0 Å². The number of carbonyl (C=O) groups excluding carboxylic acids is 3. The molecule has 0 aliphatic carbocycles. The van der Waals surface area contributed by atoms with Crippen LogP contribution in [0.15, 0.2) is 48.5 Å². The fraction of sp³-hybridized carbons (Fsp3) is 0.292. The highest BCUT2D eigenvalue weighted by Crippen LogP contribution is 2.36. The molecule has 5 nitrogen and oxygen atoms in total. The van der Waals surface area contributed by atoms with Crippen LogP contribution in [0.3, 0.4) is 0 Å². The maximum atomic E-state index is 12.5. The summed E-state index contributed by atoms with van der Waals surface area (Å²) in [5.41, 5.74) is 4.12. The summed E-state index contributed by atoms with van der Waals surface area (Å²) in [4.78, 5) is 36.2. The summed E-state index contributed by atoms with van der Waals surface area (Å²) in [6.45, 7) is 6.00. The number of benzene rings is 2. The molecule has 29 heavy (non-hydrogen) atoms. The van der Waals surface area contributed by atoms with Crippen molar-refractivity contribution in [2.45, 2.75) is 45.4 Å². The second kappa shape index (κ2) is 8.43. The molecule has 5 heteroatoms. The lowest BCUT2D eigenvalue weighted by molar-refractivity contribution is -0.138. The van der Waals surface area contributed by atoms with Crippen molar-refractivity contribution in [2.24, 2.45) is 0 Å². The van der Waals surface area contributed by atoms with E-state index < -0.39 is 5.41 Å². The van der Waals surface area contributed by atoms with Gasteiger partial charge in [0.15, 0.2) is 0 Å². The highest BCUT2D eigenvalue weighted by atomic mass is 16.2. The first-order valence-electron chi connectivity index (χ1n) is 9.85. The Balaban J connectivity index is 1.70. The van der Waals surface area contributed by atoms with Crippen molar-refractivity contribution in [1.29, 1.82) is 0 Å². The molecule has 3 amide bonds. The predicted molar refractivity (Wildman–Crippen MR) is 114 cm³/mol. The van der Waals surface area contributed by atoms with Gasteiger partial charge in [0.25, 0.3) is 0 Å². The van der Waals surface area contributed by atoms with Crippen LogP contribution in [0.1, 0.15) is 48.4 Å². The maximum Gasteiger partial charge on any atom is 0.248 e. The summed E-state index contributed by atoms with van der Waals surface area (Å²) in [5, 5.41) is 5.29. The van der Waals surface area contributed by atoms with Crippen LogP contribution in [0.2, 0.25) is 0 Å². The van der Waals surface area contributed by atoms with Gasteiger partial charge in [-0.15, -0.1) is 0 Å². The standard InChI is InChI=1S/C24H26N2O3/c1-4-24(14-13-22(28)26-23(24)29)19-8-10-20(11-9-19)25-21(27)12-7-18-6-5-16(2)15-17(18)3/h5-12,15H,4,13-14H2,1-3H3,(H,25,27)(H,26,28,29)/b12-7+. The summed E-state index contributed by atoms with van der Waals surface area (Å²) in [5.74, 6) is -0.688. The summed E-state index contributed by atoms with van der Waals surface area (Å²) >= 11 is 0. The molecule has 1 atom stereocenters. The van der Waals surface area contributed by atoms with Crippen LogP contribution >= 0.6 is 0 Å². The van der Waals surface area contributed by atoms with Crippen LogP contribution in [0.4, 0.5) is 5.69 Å². The fourth-order valence-corrected chi connectivity index (χ4v) is 3.80.